The highest BCUT2D eigenvalue weighted by Crippen LogP contribution is 2.26. The summed E-state index contributed by atoms with van der Waals surface area (Å²) < 4.78 is 71.0. The average Bonchev–Trinajstić information content (AvgIpc) is 2.55. The number of benzene rings is 1. The van der Waals surface area contributed by atoms with E-state index in [1.54, 1.807) is 0 Å². The van der Waals surface area contributed by atoms with Crippen molar-refractivity contribution >= 4 is 21.9 Å². The first kappa shape index (κ1) is 20.0. The molecule has 0 aromatic heterocycles. The zero-order chi connectivity index (χ0) is 19.5. The molecule has 1 fully saturated rings. The minimum atomic E-state index is -4.91. The Morgan fingerprint density at radius 1 is 1.31 bits per heavy atom. The number of nitrogens with one attached hydrogen (secondary N) is 1. The lowest BCUT2D eigenvalue weighted by atomic mass is 10.1. The van der Waals surface area contributed by atoms with Crippen molar-refractivity contribution < 1.29 is 40.7 Å². The molecule has 12 heteroatoms. The van der Waals surface area contributed by atoms with Crippen LogP contribution in [0.2, 0.25) is 0 Å². The summed E-state index contributed by atoms with van der Waals surface area (Å²) in [5.74, 6) is -2.03. The van der Waals surface area contributed by atoms with Crippen LogP contribution in [-0.4, -0.2) is 57.2 Å². The fourth-order valence-electron chi connectivity index (χ4n) is 2.37. The Hall–Kier alpha value is -2.34. The van der Waals surface area contributed by atoms with Crippen LogP contribution in [0.1, 0.15) is 6.42 Å². The summed E-state index contributed by atoms with van der Waals surface area (Å²) in [4.78, 5) is 23.1. The van der Waals surface area contributed by atoms with E-state index >= 15 is 0 Å². The van der Waals surface area contributed by atoms with E-state index in [2.05, 4.69) is 14.8 Å². The number of alkyl halides is 3. The standard InChI is InChI=1S/C14H15F3N2O6S/c1-24-12(20)8-11-13(21)18-6-7-19(11)26(22,23)10-4-2-9(3-5-10)25-14(15,16)17/h2-5,11H,6-8H2,1H3,(H,18,21). The van der Waals surface area contributed by atoms with Gasteiger partial charge in [0.1, 0.15) is 11.8 Å². The van der Waals surface area contributed by atoms with Gasteiger partial charge in [-0.25, -0.2) is 8.42 Å². The lowest BCUT2D eigenvalue weighted by molar-refractivity contribution is -0.274. The van der Waals surface area contributed by atoms with Gasteiger partial charge in [0.05, 0.1) is 18.4 Å². The number of carbonyl (C=O) groups is 2. The number of hydrogen-bond acceptors (Lipinski definition) is 6. The number of ether oxygens (including phenoxy) is 2. The molecule has 2 rings (SSSR count). The summed E-state index contributed by atoms with van der Waals surface area (Å²) in [6.45, 7) is -0.0679. The van der Waals surface area contributed by atoms with Gasteiger partial charge in [-0.3, -0.25) is 9.59 Å². The summed E-state index contributed by atoms with van der Waals surface area (Å²) in [5, 5.41) is 2.45. The molecule has 1 N–H and O–H groups in total. The highest BCUT2D eigenvalue weighted by molar-refractivity contribution is 7.89. The molecule has 144 valence electrons. The quantitative estimate of drug-likeness (QED) is 0.733. The minimum absolute atomic E-state index is 0.0327. The van der Waals surface area contributed by atoms with Gasteiger partial charge in [-0.2, -0.15) is 4.31 Å². The van der Waals surface area contributed by atoms with E-state index in [1.165, 1.54) is 0 Å². The molecule has 1 atom stereocenters. The Balaban J connectivity index is 2.28. The van der Waals surface area contributed by atoms with Crippen LogP contribution in [0.4, 0.5) is 13.2 Å². The second-order valence-corrected chi connectivity index (χ2v) is 7.11. The first-order chi connectivity index (χ1) is 12.0. The molecule has 1 aliphatic heterocycles. The van der Waals surface area contributed by atoms with E-state index in [4.69, 9.17) is 0 Å². The molecule has 0 spiro atoms. The zero-order valence-corrected chi connectivity index (χ0v) is 14.3. The molecule has 0 aliphatic carbocycles. The zero-order valence-electron chi connectivity index (χ0n) is 13.4. The number of methoxy groups -OCH3 is 1. The molecule has 1 heterocycles. The maximum atomic E-state index is 12.7. The van der Waals surface area contributed by atoms with Gasteiger partial charge in [-0.15, -0.1) is 13.2 Å². The molecule has 0 bridgehead atoms. The van der Waals surface area contributed by atoms with Gasteiger partial charge in [0.25, 0.3) is 0 Å². The van der Waals surface area contributed by atoms with Crippen LogP contribution in [0.25, 0.3) is 0 Å². The van der Waals surface area contributed by atoms with Crippen LogP contribution < -0.4 is 10.1 Å². The molecule has 1 aromatic rings. The van der Waals surface area contributed by atoms with Crippen molar-refractivity contribution in [1.29, 1.82) is 0 Å². The van der Waals surface area contributed by atoms with Crippen molar-refractivity contribution in [2.24, 2.45) is 0 Å². The van der Waals surface area contributed by atoms with Crippen LogP contribution in [0.5, 0.6) is 5.75 Å². The van der Waals surface area contributed by atoms with Crippen molar-refractivity contribution in [2.75, 3.05) is 20.2 Å². The van der Waals surface area contributed by atoms with Crippen LogP contribution in [-0.2, 0) is 24.3 Å². The van der Waals surface area contributed by atoms with Crippen molar-refractivity contribution in [3.05, 3.63) is 24.3 Å². The Labute approximate surface area is 146 Å². The first-order valence-electron chi connectivity index (χ1n) is 7.27. The molecule has 1 unspecified atom stereocenters. The molecule has 8 nitrogen and oxygen atoms in total. The SMILES string of the molecule is COC(=O)CC1C(=O)NCCN1S(=O)(=O)c1ccc(OC(F)(F)F)cc1. The molecule has 1 aromatic carbocycles. The molecule has 1 amide bonds. The monoisotopic (exact) mass is 396 g/mol. The number of nitrogens with zero attached hydrogens (tertiary/aromatic N) is 1. The number of sulfonamides is 1. The summed E-state index contributed by atoms with van der Waals surface area (Å²) in [5.41, 5.74) is 0. The Kier molecular flexibility index (Phi) is 5.76. The second kappa shape index (κ2) is 7.50. The van der Waals surface area contributed by atoms with Gasteiger partial charge in [0, 0.05) is 13.1 Å². The number of halogens is 3. The van der Waals surface area contributed by atoms with Gasteiger partial charge in [-0.05, 0) is 24.3 Å². The van der Waals surface area contributed by atoms with Crippen LogP contribution in [0.15, 0.2) is 29.2 Å². The average molecular weight is 396 g/mol. The summed E-state index contributed by atoms with van der Waals surface area (Å²) in [7, 11) is -3.13. The predicted molar refractivity (Wildman–Crippen MR) is 80.4 cm³/mol. The number of rotatable bonds is 5. The van der Waals surface area contributed by atoms with Gasteiger partial charge in [0.2, 0.25) is 15.9 Å². The van der Waals surface area contributed by atoms with Gasteiger partial charge >= 0.3 is 12.3 Å². The van der Waals surface area contributed by atoms with E-state index < -0.39 is 46.5 Å². The van der Waals surface area contributed by atoms with Gasteiger partial charge < -0.3 is 14.8 Å². The highest BCUT2D eigenvalue weighted by atomic mass is 32.2. The molecule has 0 radical (unpaired) electrons. The number of esters is 1. The Morgan fingerprint density at radius 2 is 1.92 bits per heavy atom. The van der Waals surface area contributed by atoms with Crippen molar-refractivity contribution in [3.8, 4) is 5.75 Å². The first-order valence-corrected chi connectivity index (χ1v) is 8.71. The smallest absolute Gasteiger partial charge is 0.469 e. The van der Waals surface area contributed by atoms with Gasteiger partial charge in [0.15, 0.2) is 0 Å². The lowest BCUT2D eigenvalue weighted by Gasteiger charge is -2.33. The van der Waals surface area contributed by atoms with Gasteiger partial charge in [-0.1, -0.05) is 0 Å². The number of carbonyl (C=O) groups excluding carboxylic acids is 2. The minimum Gasteiger partial charge on any atom is -0.469 e. The molecule has 0 saturated carbocycles. The summed E-state index contributed by atoms with van der Waals surface area (Å²) >= 11 is 0. The normalized spacial score (nSPS) is 18.9. The fourth-order valence-corrected chi connectivity index (χ4v) is 3.95. The summed E-state index contributed by atoms with van der Waals surface area (Å²) in [6, 6.07) is 2.24. The van der Waals surface area contributed by atoms with E-state index in [0.717, 1.165) is 35.7 Å². The Bertz CT molecular complexity index is 779. The van der Waals surface area contributed by atoms with Crippen LogP contribution in [0.3, 0.4) is 0 Å². The van der Waals surface area contributed by atoms with Crippen molar-refractivity contribution in [2.45, 2.75) is 23.7 Å². The van der Waals surface area contributed by atoms with Crippen LogP contribution >= 0.6 is 0 Å². The molecular weight excluding hydrogens is 381 g/mol. The maximum Gasteiger partial charge on any atom is 0.573 e. The summed E-state index contributed by atoms with van der Waals surface area (Å²) in [6.07, 6.45) is -5.40. The van der Waals surface area contributed by atoms with E-state index in [9.17, 15) is 31.2 Å². The molecule has 1 saturated heterocycles. The van der Waals surface area contributed by atoms with Crippen molar-refractivity contribution in [1.82, 2.24) is 9.62 Å². The number of hydrogen-bond donors (Lipinski definition) is 1. The Morgan fingerprint density at radius 3 is 2.46 bits per heavy atom. The largest absolute Gasteiger partial charge is 0.573 e. The number of amides is 1. The highest BCUT2D eigenvalue weighted by Gasteiger charge is 2.40. The molecule has 1 aliphatic rings. The topological polar surface area (TPSA) is 102 Å². The van der Waals surface area contributed by atoms with E-state index in [0.29, 0.717) is 0 Å². The number of piperazine rings is 1. The third-order valence-corrected chi connectivity index (χ3v) is 5.46. The third kappa shape index (κ3) is 4.64. The van der Waals surface area contributed by atoms with E-state index in [1.807, 2.05) is 0 Å². The maximum absolute atomic E-state index is 12.7. The van der Waals surface area contributed by atoms with Crippen molar-refractivity contribution in [3.63, 3.8) is 0 Å². The molecular formula is C14H15F3N2O6S. The van der Waals surface area contributed by atoms with Crippen LogP contribution in [0, 0.1) is 0 Å². The fraction of sp³-hybridized carbons (Fsp3) is 0.429. The molecule has 26 heavy (non-hydrogen) atoms. The second-order valence-electron chi connectivity index (χ2n) is 5.22. The third-order valence-electron chi connectivity index (χ3n) is 3.53. The predicted octanol–water partition coefficient (Wildman–Crippen LogP) is 0.637. The van der Waals surface area contributed by atoms with E-state index in [-0.39, 0.29) is 18.0 Å². The lowest BCUT2D eigenvalue weighted by Crippen LogP contribution is -2.57.